The van der Waals surface area contributed by atoms with E-state index < -0.39 is 50.6 Å². The van der Waals surface area contributed by atoms with Gasteiger partial charge in [0.25, 0.3) is 10.0 Å². The Kier molecular flexibility index (Phi) is 10.5. The summed E-state index contributed by atoms with van der Waals surface area (Å²) in [6.45, 7) is 4.36. The number of aliphatic hydroxyl groups excluding tert-OH is 1. The third-order valence-electron chi connectivity index (χ3n) is 14.6. The zero-order valence-corrected chi connectivity index (χ0v) is 34.0. The fraction of sp³-hybridized carbons (Fsp3) is 0.578. The number of alkyl halides is 3. The molecule has 302 valence electrons. The fourth-order valence-electron chi connectivity index (χ4n) is 12.1. The lowest BCUT2D eigenvalue weighted by Gasteiger charge is -2.58. The molecule has 1 heterocycles. The minimum absolute atomic E-state index is 0.0775. The molecule has 4 atom stereocenters. The molecule has 0 radical (unpaired) electrons. The van der Waals surface area contributed by atoms with Gasteiger partial charge in [0.2, 0.25) is 0 Å². The van der Waals surface area contributed by atoms with Crippen molar-refractivity contribution in [2.24, 2.45) is 28.6 Å². The molecule has 7 aliphatic rings. The van der Waals surface area contributed by atoms with Crippen molar-refractivity contribution in [2.45, 2.75) is 125 Å². The molecule has 0 amide bonds. The van der Waals surface area contributed by atoms with Crippen LogP contribution in [0, 0.1) is 28.6 Å². The van der Waals surface area contributed by atoms with Gasteiger partial charge in [-0.3, -0.25) is 4.79 Å². The second-order valence-electron chi connectivity index (χ2n) is 18.5. The number of halogens is 3. The second-order valence-corrected chi connectivity index (χ2v) is 21.6. The second kappa shape index (κ2) is 14.8. The Bertz CT molecular complexity index is 2060. The molecule has 2 N–H and O–H groups in total. The Morgan fingerprint density at radius 2 is 1.66 bits per heavy atom. The van der Waals surface area contributed by atoms with Crippen LogP contribution in [0.25, 0.3) is 0 Å². The summed E-state index contributed by atoms with van der Waals surface area (Å²) in [6.07, 6.45) is 6.88. The lowest BCUT2D eigenvalue weighted by Crippen LogP contribution is -2.57. The highest BCUT2D eigenvalue weighted by atomic mass is 32.2. The molecule has 6 nitrogen and oxygen atoms in total. The quantitative estimate of drug-likeness (QED) is 0.175. The van der Waals surface area contributed by atoms with Gasteiger partial charge in [-0.05, 0) is 160 Å². The van der Waals surface area contributed by atoms with Gasteiger partial charge >= 0.3 is 6.18 Å². The van der Waals surface area contributed by atoms with Gasteiger partial charge in [0.05, 0.1) is 17.3 Å². The van der Waals surface area contributed by atoms with Gasteiger partial charge in [-0.2, -0.15) is 17.5 Å². The highest BCUT2D eigenvalue weighted by Gasteiger charge is 2.59. The number of aliphatic hydroxyl groups is 2. The standard InChI is InChI=1S/C45H54F3NO5S2/c1-29-6-4-15-42(2)39(37-13-11-30(21-36(50)12-10-29)22-38(37)41(51)34-7-3-8-35(23-34)45(46,47)48)14-16-44(42,52)28-49(56(53,54)40-9-5-17-55-40)27-43-24-31-18-32(25-43)20-33(19-31)26-43/h3,5-9,11,13,17,22-23,31-33,36,39,50,52H,4,10,12,14-16,18-21,24-28H2,1-2H3/t31?,32?,33?,36-,39-,42-,43?,44+/m0/s1. The topological polar surface area (TPSA) is 94.9 Å². The van der Waals surface area contributed by atoms with E-state index in [4.69, 9.17) is 0 Å². The van der Waals surface area contributed by atoms with Crippen LogP contribution in [0.3, 0.4) is 0 Å². The maximum Gasteiger partial charge on any atom is 0.416 e. The van der Waals surface area contributed by atoms with Crippen LogP contribution in [-0.2, 0) is 22.6 Å². The Hall–Kier alpha value is -2.83. The minimum atomic E-state index is -4.63. The third-order valence-corrected chi connectivity index (χ3v) is 17.7. The molecular formula is C45H54F3NO5S2. The van der Waals surface area contributed by atoms with Crippen LogP contribution < -0.4 is 0 Å². The Labute approximate surface area is 333 Å². The molecule has 0 spiro atoms. The van der Waals surface area contributed by atoms with Crippen LogP contribution in [-0.4, -0.2) is 53.5 Å². The molecule has 2 aromatic carbocycles. The SMILES string of the molecule is CC1=CCC[C@@]2(C)[C@@H](CC[C@@]2(O)CN(CC23CC4CC(CC(C4)C2)C3)S(=O)(=O)c2cccs2)c2ccc(cc2C(=O)c2cccc(C(F)(F)F)c2)C[C@@H](O)CC1. The van der Waals surface area contributed by atoms with E-state index in [-0.39, 0.29) is 33.7 Å². The Morgan fingerprint density at radius 3 is 2.32 bits per heavy atom. The number of rotatable bonds is 8. The molecule has 5 fully saturated rings. The van der Waals surface area contributed by atoms with E-state index in [0.717, 1.165) is 37.0 Å². The van der Waals surface area contributed by atoms with Crippen molar-refractivity contribution < 1.29 is 36.6 Å². The first-order valence-corrected chi connectivity index (χ1v) is 22.7. The zero-order valence-electron chi connectivity index (χ0n) is 32.4. The van der Waals surface area contributed by atoms with Gasteiger partial charge in [0, 0.05) is 29.6 Å². The number of nitrogens with zero attached hydrogens (tertiary/aromatic N) is 1. The Morgan fingerprint density at radius 1 is 0.946 bits per heavy atom. The number of benzene rings is 2. The van der Waals surface area contributed by atoms with Crippen molar-refractivity contribution in [3.63, 3.8) is 0 Å². The van der Waals surface area contributed by atoms with E-state index in [1.54, 1.807) is 27.9 Å². The predicted octanol–water partition coefficient (Wildman–Crippen LogP) is 9.94. The van der Waals surface area contributed by atoms with Gasteiger partial charge in [-0.1, -0.05) is 48.9 Å². The van der Waals surface area contributed by atoms with Gasteiger partial charge in [0.1, 0.15) is 4.21 Å². The summed E-state index contributed by atoms with van der Waals surface area (Å²) < 4.78 is 72.9. The number of carbonyl (C=O) groups excluding carboxylic acids is 1. The van der Waals surface area contributed by atoms with Crippen LogP contribution in [0.5, 0.6) is 0 Å². The average molecular weight is 810 g/mol. The van der Waals surface area contributed by atoms with Crippen molar-refractivity contribution in [3.8, 4) is 0 Å². The van der Waals surface area contributed by atoms with Crippen molar-refractivity contribution in [1.82, 2.24) is 4.31 Å². The van der Waals surface area contributed by atoms with E-state index >= 15 is 0 Å². The molecule has 5 saturated carbocycles. The van der Waals surface area contributed by atoms with Crippen LogP contribution in [0.4, 0.5) is 13.2 Å². The smallest absolute Gasteiger partial charge is 0.393 e. The van der Waals surface area contributed by atoms with Crippen LogP contribution in [0.2, 0.25) is 0 Å². The lowest BCUT2D eigenvalue weighted by molar-refractivity contribution is -0.137. The Balaban J connectivity index is 1.21. The lowest BCUT2D eigenvalue weighted by atomic mass is 9.49. The van der Waals surface area contributed by atoms with E-state index in [0.29, 0.717) is 74.0 Å². The molecule has 0 saturated heterocycles. The number of ketones is 1. The molecule has 1 aromatic heterocycles. The van der Waals surface area contributed by atoms with Gasteiger partial charge in [-0.15, -0.1) is 11.3 Å². The summed E-state index contributed by atoms with van der Waals surface area (Å²) in [5, 5.41) is 26.0. The van der Waals surface area contributed by atoms with E-state index in [1.165, 1.54) is 42.7 Å². The predicted molar refractivity (Wildman–Crippen MR) is 212 cm³/mol. The molecule has 10 rings (SSSR count). The van der Waals surface area contributed by atoms with Crippen LogP contribution in [0.1, 0.15) is 129 Å². The number of sulfonamides is 1. The molecular weight excluding hydrogens is 756 g/mol. The van der Waals surface area contributed by atoms with Crippen molar-refractivity contribution in [2.75, 3.05) is 13.1 Å². The van der Waals surface area contributed by atoms with E-state index in [9.17, 15) is 36.6 Å². The van der Waals surface area contributed by atoms with Crippen LogP contribution >= 0.6 is 11.3 Å². The summed E-state index contributed by atoms with van der Waals surface area (Å²) in [6, 6.07) is 13.3. The first-order valence-electron chi connectivity index (χ1n) is 20.4. The molecule has 3 aromatic rings. The third kappa shape index (κ3) is 7.49. The van der Waals surface area contributed by atoms with E-state index in [1.807, 2.05) is 26.0 Å². The number of fused-ring (bicyclic) bond motifs is 8. The van der Waals surface area contributed by atoms with Gasteiger partial charge in [-0.25, -0.2) is 8.42 Å². The summed E-state index contributed by atoms with van der Waals surface area (Å²) in [7, 11) is -3.97. The molecule has 0 aliphatic heterocycles. The monoisotopic (exact) mass is 809 g/mol. The number of hydrogen-bond donors (Lipinski definition) is 2. The maximum absolute atomic E-state index is 14.7. The first kappa shape index (κ1) is 40.0. The van der Waals surface area contributed by atoms with Crippen molar-refractivity contribution in [3.05, 3.63) is 99.4 Å². The number of thiophene rings is 1. The number of allylic oxidation sites excluding steroid dienone is 2. The summed E-state index contributed by atoms with van der Waals surface area (Å²) in [5.41, 5.74) is -0.788. The fourth-order valence-corrected chi connectivity index (χ4v) is 14.9. The first-order chi connectivity index (χ1) is 26.5. The minimum Gasteiger partial charge on any atom is -0.393 e. The average Bonchev–Trinajstić information content (AvgIpc) is 3.77. The maximum atomic E-state index is 14.7. The largest absolute Gasteiger partial charge is 0.416 e. The molecule has 11 heteroatoms. The van der Waals surface area contributed by atoms with E-state index in [2.05, 4.69) is 6.08 Å². The number of carbonyl (C=O) groups is 1. The highest BCUT2D eigenvalue weighted by Crippen LogP contribution is 2.62. The van der Waals surface area contributed by atoms with Crippen molar-refractivity contribution in [1.29, 1.82) is 0 Å². The van der Waals surface area contributed by atoms with Gasteiger partial charge < -0.3 is 10.2 Å². The summed E-state index contributed by atoms with van der Waals surface area (Å²) >= 11 is 1.19. The summed E-state index contributed by atoms with van der Waals surface area (Å²) in [5.74, 6) is 0.909. The molecule has 7 aliphatic carbocycles. The number of hydrogen-bond acceptors (Lipinski definition) is 6. The van der Waals surface area contributed by atoms with Crippen LogP contribution in [0.15, 0.2) is 75.8 Å². The molecule has 56 heavy (non-hydrogen) atoms. The molecule has 6 bridgehead atoms. The normalized spacial score (nSPS) is 33.4. The molecule has 0 unspecified atom stereocenters. The summed E-state index contributed by atoms with van der Waals surface area (Å²) in [4.78, 5) is 14.5. The van der Waals surface area contributed by atoms with Crippen molar-refractivity contribution >= 4 is 27.1 Å². The van der Waals surface area contributed by atoms with Gasteiger partial charge in [0.15, 0.2) is 5.78 Å². The zero-order chi connectivity index (χ0) is 39.7. The highest BCUT2D eigenvalue weighted by molar-refractivity contribution is 7.91.